The first-order valence-electron chi connectivity index (χ1n) is 6.60. The number of hydrogen-bond acceptors (Lipinski definition) is 3. The van der Waals surface area contributed by atoms with Crippen molar-refractivity contribution in [3.8, 4) is 0 Å². The summed E-state index contributed by atoms with van der Waals surface area (Å²) in [5.74, 6) is 0.883. The lowest BCUT2D eigenvalue weighted by Crippen LogP contribution is -2.34. The molecule has 0 aromatic carbocycles. The topological polar surface area (TPSA) is 15.3 Å². The van der Waals surface area contributed by atoms with Gasteiger partial charge in [-0.05, 0) is 70.9 Å². The molecule has 3 heteroatoms. The maximum Gasteiger partial charge on any atom is 0.0300 e. The second kappa shape index (κ2) is 5.98. The summed E-state index contributed by atoms with van der Waals surface area (Å²) in [6, 6.07) is 2.32. The number of aryl methyl sites for hydroxylation is 2. The zero-order valence-electron chi connectivity index (χ0n) is 11.3. The van der Waals surface area contributed by atoms with Gasteiger partial charge < -0.3 is 10.2 Å². The number of nitrogens with zero attached hydrogens (tertiary/aromatic N) is 1. The zero-order chi connectivity index (χ0) is 12.3. The van der Waals surface area contributed by atoms with Gasteiger partial charge in [0.2, 0.25) is 0 Å². The lowest BCUT2D eigenvalue weighted by Gasteiger charge is -2.28. The summed E-state index contributed by atoms with van der Waals surface area (Å²) in [5, 5.41) is 3.62. The molecular weight excluding hydrogens is 228 g/mol. The van der Waals surface area contributed by atoms with E-state index in [1.54, 1.807) is 0 Å². The Labute approximate surface area is 109 Å². The SMILES string of the molecule is Cc1cc(CNCC2CCN(C)CC2)sc1C. The van der Waals surface area contributed by atoms with Gasteiger partial charge in [0, 0.05) is 16.3 Å². The minimum Gasteiger partial charge on any atom is -0.312 e. The summed E-state index contributed by atoms with van der Waals surface area (Å²) >= 11 is 1.93. The van der Waals surface area contributed by atoms with Gasteiger partial charge in [-0.2, -0.15) is 0 Å². The monoisotopic (exact) mass is 252 g/mol. The quantitative estimate of drug-likeness (QED) is 0.886. The maximum absolute atomic E-state index is 3.62. The number of likely N-dealkylation sites (tertiary alicyclic amines) is 1. The van der Waals surface area contributed by atoms with Crippen molar-refractivity contribution >= 4 is 11.3 Å². The minimum atomic E-state index is 0.883. The van der Waals surface area contributed by atoms with Crippen molar-refractivity contribution in [1.82, 2.24) is 10.2 Å². The number of piperidine rings is 1. The summed E-state index contributed by atoms with van der Waals surface area (Å²) in [6.45, 7) is 9.18. The van der Waals surface area contributed by atoms with Crippen molar-refractivity contribution in [2.24, 2.45) is 5.92 Å². The van der Waals surface area contributed by atoms with Gasteiger partial charge in [0.25, 0.3) is 0 Å². The van der Waals surface area contributed by atoms with Crippen LogP contribution in [0, 0.1) is 19.8 Å². The van der Waals surface area contributed by atoms with Gasteiger partial charge in [-0.25, -0.2) is 0 Å². The molecule has 1 aliphatic rings. The van der Waals surface area contributed by atoms with Crippen LogP contribution < -0.4 is 5.32 Å². The fourth-order valence-electron chi connectivity index (χ4n) is 2.40. The van der Waals surface area contributed by atoms with Crippen LogP contribution in [0.1, 0.15) is 28.2 Å². The molecule has 0 amide bonds. The molecule has 1 aromatic rings. The molecule has 2 rings (SSSR count). The highest BCUT2D eigenvalue weighted by Crippen LogP contribution is 2.20. The molecule has 2 heterocycles. The first-order valence-corrected chi connectivity index (χ1v) is 7.42. The molecule has 0 atom stereocenters. The molecule has 1 aromatic heterocycles. The van der Waals surface area contributed by atoms with Crippen LogP contribution in [-0.4, -0.2) is 31.6 Å². The van der Waals surface area contributed by atoms with E-state index in [0.29, 0.717) is 0 Å². The average molecular weight is 252 g/mol. The van der Waals surface area contributed by atoms with E-state index in [1.165, 1.54) is 47.8 Å². The third kappa shape index (κ3) is 3.80. The molecule has 17 heavy (non-hydrogen) atoms. The van der Waals surface area contributed by atoms with Crippen LogP contribution in [0.2, 0.25) is 0 Å². The van der Waals surface area contributed by atoms with E-state index in [1.807, 2.05) is 11.3 Å². The Morgan fingerprint density at radius 1 is 1.35 bits per heavy atom. The van der Waals surface area contributed by atoms with Crippen LogP contribution >= 0.6 is 11.3 Å². The Morgan fingerprint density at radius 3 is 2.65 bits per heavy atom. The van der Waals surface area contributed by atoms with Crippen LogP contribution in [0.25, 0.3) is 0 Å². The Morgan fingerprint density at radius 2 is 2.06 bits per heavy atom. The molecule has 0 spiro atoms. The third-order valence-corrected chi connectivity index (χ3v) is 4.94. The Kier molecular flexibility index (Phi) is 4.60. The third-order valence-electron chi connectivity index (χ3n) is 3.79. The number of hydrogen-bond donors (Lipinski definition) is 1. The first kappa shape index (κ1) is 13.1. The summed E-state index contributed by atoms with van der Waals surface area (Å²) in [5.41, 5.74) is 1.44. The van der Waals surface area contributed by atoms with Gasteiger partial charge >= 0.3 is 0 Å². The van der Waals surface area contributed by atoms with Gasteiger partial charge in [0.15, 0.2) is 0 Å². The molecule has 2 nitrogen and oxygen atoms in total. The van der Waals surface area contributed by atoms with Gasteiger partial charge in [-0.15, -0.1) is 11.3 Å². The van der Waals surface area contributed by atoms with E-state index < -0.39 is 0 Å². The molecule has 0 saturated carbocycles. The van der Waals surface area contributed by atoms with Crippen molar-refractivity contribution in [3.63, 3.8) is 0 Å². The average Bonchev–Trinajstić information content (AvgIpc) is 2.61. The van der Waals surface area contributed by atoms with E-state index >= 15 is 0 Å². The molecule has 0 radical (unpaired) electrons. The van der Waals surface area contributed by atoms with Crippen LogP contribution in [0.15, 0.2) is 6.07 Å². The van der Waals surface area contributed by atoms with Crippen molar-refractivity contribution in [2.75, 3.05) is 26.7 Å². The van der Waals surface area contributed by atoms with Crippen LogP contribution in [0.3, 0.4) is 0 Å². The molecule has 1 fully saturated rings. The number of nitrogens with one attached hydrogen (secondary N) is 1. The summed E-state index contributed by atoms with van der Waals surface area (Å²) < 4.78 is 0. The molecule has 96 valence electrons. The molecule has 1 saturated heterocycles. The van der Waals surface area contributed by atoms with Gasteiger partial charge in [0.05, 0.1) is 0 Å². The van der Waals surface area contributed by atoms with Crippen molar-refractivity contribution in [3.05, 3.63) is 21.4 Å². The fraction of sp³-hybridized carbons (Fsp3) is 0.714. The van der Waals surface area contributed by atoms with Crippen LogP contribution in [0.5, 0.6) is 0 Å². The van der Waals surface area contributed by atoms with Crippen LogP contribution in [-0.2, 0) is 6.54 Å². The summed E-state index contributed by atoms with van der Waals surface area (Å²) in [4.78, 5) is 5.37. The highest BCUT2D eigenvalue weighted by molar-refractivity contribution is 7.12. The van der Waals surface area contributed by atoms with E-state index in [2.05, 4.69) is 37.2 Å². The molecular formula is C14H24N2S. The first-order chi connectivity index (χ1) is 8.15. The summed E-state index contributed by atoms with van der Waals surface area (Å²) in [6.07, 6.45) is 2.71. The van der Waals surface area contributed by atoms with Crippen LogP contribution in [0.4, 0.5) is 0 Å². The lowest BCUT2D eigenvalue weighted by atomic mass is 9.97. The molecule has 1 aliphatic heterocycles. The Balaban J connectivity index is 1.69. The molecule has 0 aliphatic carbocycles. The molecule has 0 unspecified atom stereocenters. The van der Waals surface area contributed by atoms with E-state index in [-0.39, 0.29) is 0 Å². The van der Waals surface area contributed by atoms with Crippen molar-refractivity contribution in [1.29, 1.82) is 0 Å². The fourth-order valence-corrected chi connectivity index (χ4v) is 3.43. The minimum absolute atomic E-state index is 0.883. The lowest BCUT2D eigenvalue weighted by molar-refractivity contribution is 0.216. The van der Waals surface area contributed by atoms with Crippen molar-refractivity contribution < 1.29 is 0 Å². The smallest absolute Gasteiger partial charge is 0.0300 e. The van der Waals surface area contributed by atoms with Crippen molar-refractivity contribution in [2.45, 2.75) is 33.2 Å². The predicted octanol–water partition coefficient (Wildman–Crippen LogP) is 2.80. The molecule has 1 N–H and O–H groups in total. The highest BCUT2D eigenvalue weighted by Gasteiger charge is 2.15. The Hall–Kier alpha value is -0.380. The number of thiophene rings is 1. The van der Waals surface area contributed by atoms with Gasteiger partial charge in [-0.3, -0.25) is 0 Å². The largest absolute Gasteiger partial charge is 0.312 e. The molecule has 0 bridgehead atoms. The van der Waals surface area contributed by atoms with E-state index in [9.17, 15) is 0 Å². The predicted molar refractivity (Wildman–Crippen MR) is 75.7 cm³/mol. The van der Waals surface area contributed by atoms with E-state index in [4.69, 9.17) is 0 Å². The number of rotatable bonds is 4. The standard InChI is InChI=1S/C14H24N2S/c1-11-8-14(17-12(11)2)10-15-9-13-4-6-16(3)7-5-13/h8,13,15H,4-7,9-10H2,1-3H3. The van der Waals surface area contributed by atoms with Gasteiger partial charge in [0.1, 0.15) is 0 Å². The zero-order valence-corrected chi connectivity index (χ0v) is 12.1. The normalized spacial score (nSPS) is 18.8. The maximum atomic E-state index is 3.62. The van der Waals surface area contributed by atoms with Gasteiger partial charge in [-0.1, -0.05) is 0 Å². The second-order valence-electron chi connectivity index (χ2n) is 5.33. The second-order valence-corrected chi connectivity index (χ2v) is 6.67. The highest BCUT2D eigenvalue weighted by atomic mass is 32.1. The van der Waals surface area contributed by atoms with E-state index in [0.717, 1.165) is 12.5 Å². The summed E-state index contributed by atoms with van der Waals surface area (Å²) in [7, 11) is 2.22. The Bertz CT molecular complexity index is 332.